The Hall–Kier alpha value is -1.55. The summed E-state index contributed by atoms with van der Waals surface area (Å²) in [7, 11) is 0. The molecule has 4 nitrogen and oxygen atoms in total. The molecule has 1 saturated heterocycles. The van der Waals surface area contributed by atoms with Crippen molar-refractivity contribution in [3.8, 4) is 5.75 Å². The molecule has 0 aliphatic carbocycles. The minimum atomic E-state index is 0.00859. The quantitative estimate of drug-likeness (QED) is 0.832. The van der Waals surface area contributed by atoms with Crippen molar-refractivity contribution in [1.82, 2.24) is 10.2 Å². The van der Waals surface area contributed by atoms with E-state index in [1.54, 1.807) is 0 Å². The van der Waals surface area contributed by atoms with Crippen LogP contribution < -0.4 is 10.1 Å². The lowest BCUT2D eigenvalue weighted by Gasteiger charge is -2.24. The highest BCUT2D eigenvalue weighted by molar-refractivity contribution is 5.80. The molecule has 0 radical (unpaired) electrons. The number of carbonyl (C=O) groups is 1. The van der Waals surface area contributed by atoms with Gasteiger partial charge >= 0.3 is 0 Å². The highest BCUT2D eigenvalue weighted by Gasteiger charge is 2.30. The van der Waals surface area contributed by atoms with Gasteiger partial charge in [-0.1, -0.05) is 32.4 Å². The number of benzene rings is 1. The summed E-state index contributed by atoms with van der Waals surface area (Å²) in [6.07, 6.45) is 3.15. The lowest BCUT2D eigenvalue weighted by molar-refractivity contribution is -0.128. The molecule has 20 heavy (non-hydrogen) atoms. The average Bonchev–Trinajstić information content (AvgIpc) is 2.84. The molecular formula is C16H24N2O2. The average molecular weight is 276 g/mol. The molecule has 1 aromatic rings. The van der Waals surface area contributed by atoms with E-state index in [4.69, 9.17) is 4.74 Å². The third-order valence-corrected chi connectivity index (χ3v) is 3.50. The van der Waals surface area contributed by atoms with Gasteiger partial charge in [0.15, 0.2) is 0 Å². The van der Waals surface area contributed by atoms with Crippen LogP contribution in [0.5, 0.6) is 5.75 Å². The topological polar surface area (TPSA) is 41.6 Å². The van der Waals surface area contributed by atoms with Gasteiger partial charge in [0.1, 0.15) is 11.9 Å². The number of hydrogen-bond acceptors (Lipinski definition) is 3. The van der Waals surface area contributed by atoms with Gasteiger partial charge in [-0.3, -0.25) is 10.1 Å². The fourth-order valence-corrected chi connectivity index (χ4v) is 2.39. The van der Waals surface area contributed by atoms with Crippen molar-refractivity contribution in [2.24, 2.45) is 0 Å². The van der Waals surface area contributed by atoms with E-state index in [2.05, 4.69) is 19.2 Å². The van der Waals surface area contributed by atoms with Crippen molar-refractivity contribution in [1.29, 1.82) is 0 Å². The van der Waals surface area contributed by atoms with Crippen molar-refractivity contribution in [3.05, 3.63) is 29.8 Å². The van der Waals surface area contributed by atoms with Crippen LogP contribution in [0.15, 0.2) is 24.3 Å². The summed E-state index contributed by atoms with van der Waals surface area (Å²) in [6.45, 7) is 6.22. The first-order chi connectivity index (χ1) is 9.76. The summed E-state index contributed by atoms with van der Waals surface area (Å²) in [4.78, 5) is 13.8. The van der Waals surface area contributed by atoms with E-state index in [9.17, 15) is 4.79 Å². The molecule has 0 bridgehead atoms. The van der Waals surface area contributed by atoms with E-state index < -0.39 is 0 Å². The van der Waals surface area contributed by atoms with E-state index >= 15 is 0 Å². The molecule has 110 valence electrons. The van der Waals surface area contributed by atoms with Crippen LogP contribution in [0, 0.1) is 0 Å². The molecule has 1 N–H and O–H groups in total. The second-order valence-corrected chi connectivity index (χ2v) is 5.14. The number of unbranched alkanes of at least 4 members (excludes halogenated alkanes) is 1. The lowest BCUT2D eigenvalue weighted by Crippen LogP contribution is -2.31. The molecule has 0 spiro atoms. The van der Waals surface area contributed by atoms with Crippen LogP contribution in [0.4, 0.5) is 0 Å². The van der Waals surface area contributed by atoms with Crippen LogP contribution in [0.25, 0.3) is 0 Å². The number of hydrogen-bond donors (Lipinski definition) is 1. The first-order valence-electron chi connectivity index (χ1n) is 7.51. The Morgan fingerprint density at radius 3 is 2.65 bits per heavy atom. The SMILES string of the molecule is CCCCN1C(=O)CNC1c1ccc(OCCC)cc1. The van der Waals surface area contributed by atoms with Crippen LogP contribution >= 0.6 is 0 Å². The minimum Gasteiger partial charge on any atom is -0.494 e. The zero-order valence-electron chi connectivity index (χ0n) is 12.4. The molecule has 1 amide bonds. The fraction of sp³-hybridized carbons (Fsp3) is 0.562. The van der Waals surface area contributed by atoms with Gasteiger partial charge in [-0.25, -0.2) is 0 Å². The normalized spacial score (nSPS) is 18.6. The molecule has 0 aromatic heterocycles. The van der Waals surface area contributed by atoms with Gasteiger partial charge in [-0.15, -0.1) is 0 Å². The van der Waals surface area contributed by atoms with Crippen molar-refractivity contribution < 1.29 is 9.53 Å². The van der Waals surface area contributed by atoms with Gasteiger partial charge in [0.2, 0.25) is 5.91 Å². The van der Waals surface area contributed by atoms with Crippen LogP contribution in [0.2, 0.25) is 0 Å². The smallest absolute Gasteiger partial charge is 0.238 e. The van der Waals surface area contributed by atoms with Crippen molar-refractivity contribution in [2.45, 2.75) is 39.3 Å². The second-order valence-electron chi connectivity index (χ2n) is 5.14. The molecule has 1 atom stereocenters. The Morgan fingerprint density at radius 2 is 2.00 bits per heavy atom. The first kappa shape index (κ1) is 14.9. The summed E-state index contributed by atoms with van der Waals surface area (Å²) in [6, 6.07) is 8.04. The third kappa shape index (κ3) is 3.51. The highest BCUT2D eigenvalue weighted by Crippen LogP contribution is 2.24. The highest BCUT2D eigenvalue weighted by atomic mass is 16.5. The summed E-state index contributed by atoms with van der Waals surface area (Å²) >= 11 is 0. The largest absolute Gasteiger partial charge is 0.494 e. The number of carbonyl (C=O) groups excluding carboxylic acids is 1. The van der Waals surface area contributed by atoms with Gasteiger partial charge in [-0.05, 0) is 30.5 Å². The van der Waals surface area contributed by atoms with E-state index in [1.165, 1.54) is 0 Å². The molecule has 1 aliphatic heterocycles. The minimum absolute atomic E-state index is 0.00859. The standard InChI is InChI=1S/C16H24N2O2/c1-3-5-10-18-15(19)12-17-16(18)13-6-8-14(9-7-13)20-11-4-2/h6-9,16-17H,3-5,10-12H2,1-2H3. The van der Waals surface area contributed by atoms with Crippen LogP contribution in [0.3, 0.4) is 0 Å². The monoisotopic (exact) mass is 276 g/mol. The third-order valence-electron chi connectivity index (χ3n) is 3.50. The zero-order valence-corrected chi connectivity index (χ0v) is 12.4. The van der Waals surface area contributed by atoms with E-state index in [0.29, 0.717) is 6.54 Å². The van der Waals surface area contributed by atoms with E-state index in [1.807, 2.05) is 29.2 Å². The molecule has 1 aromatic carbocycles. The molecule has 2 rings (SSSR count). The Balaban J connectivity index is 2.03. The van der Waals surface area contributed by atoms with Crippen molar-refractivity contribution >= 4 is 5.91 Å². The molecule has 1 fully saturated rings. The Morgan fingerprint density at radius 1 is 1.25 bits per heavy atom. The Labute approximate surface area is 121 Å². The van der Waals surface area contributed by atoms with Gasteiger partial charge < -0.3 is 9.64 Å². The summed E-state index contributed by atoms with van der Waals surface area (Å²) in [5.41, 5.74) is 1.12. The molecule has 1 heterocycles. The van der Waals surface area contributed by atoms with Crippen molar-refractivity contribution in [3.63, 3.8) is 0 Å². The van der Waals surface area contributed by atoms with Crippen LogP contribution in [-0.4, -0.2) is 30.5 Å². The zero-order chi connectivity index (χ0) is 14.4. The molecule has 4 heteroatoms. The maximum Gasteiger partial charge on any atom is 0.238 e. The molecule has 1 unspecified atom stereocenters. The maximum absolute atomic E-state index is 11.9. The predicted octanol–water partition coefficient (Wildman–Crippen LogP) is 2.71. The Bertz CT molecular complexity index is 431. The van der Waals surface area contributed by atoms with E-state index in [0.717, 1.165) is 43.7 Å². The van der Waals surface area contributed by atoms with Crippen molar-refractivity contribution in [2.75, 3.05) is 19.7 Å². The number of amides is 1. The van der Waals surface area contributed by atoms with Crippen LogP contribution in [0.1, 0.15) is 44.8 Å². The number of nitrogens with zero attached hydrogens (tertiary/aromatic N) is 1. The maximum atomic E-state index is 11.9. The predicted molar refractivity (Wildman–Crippen MR) is 79.6 cm³/mol. The lowest BCUT2D eigenvalue weighted by atomic mass is 10.1. The molecule has 0 saturated carbocycles. The summed E-state index contributed by atoms with van der Waals surface area (Å²) in [5, 5.41) is 3.28. The van der Waals surface area contributed by atoms with Crippen LogP contribution in [-0.2, 0) is 4.79 Å². The molecular weight excluding hydrogens is 252 g/mol. The molecule has 1 aliphatic rings. The number of ether oxygens (including phenoxy) is 1. The number of rotatable bonds is 7. The summed E-state index contributed by atoms with van der Waals surface area (Å²) < 4.78 is 5.58. The first-order valence-corrected chi connectivity index (χ1v) is 7.51. The van der Waals surface area contributed by atoms with Gasteiger partial charge in [0.05, 0.1) is 13.2 Å². The number of nitrogens with one attached hydrogen (secondary N) is 1. The van der Waals surface area contributed by atoms with Gasteiger partial charge in [0, 0.05) is 6.54 Å². The fourth-order valence-electron chi connectivity index (χ4n) is 2.39. The second kappa shape index (κ2) is 7.29. The van der Waals surface area contributed by atoms with Gasteiger partial charge in [-0.2, -0.15) is 0 Å². The van der Waals surface area contributed by atoms with Gasteiger partial charge in [0.25, 0.3) is 0 Å². The Kier molecular flexibility index (Phi) is 5.41. The van der Waals surface area contributed by atoms with E-state index in [-0.39, 0.29) is 12.1 Å². The summed E-state index contributed by atoms with van der Waals surface area (Å²) in [5.74, 6) is 1.08.